The van der Waals surface area contributed by atoms with Crippen LogP contribution in [0.5, 0.6) is 23.0 Å². The van der Waals surface area contributed by atoms with Gasteiger partial charge in [0.25, 0.3) is 5.56 Å². The monoisotopic (exact) mass is 532 g/mol. The molecular weight excluding hydrogens is 504 g/mol. The molecule has 0 bridgehead atoms. The standard InChI is InChI=1S/C27H28N6O6/c34-27-19(9-18-10-24-25(11-21(18)28-27)37-7-6-36-24)13-32(12-17-3-4-22-23(8-17)39-16-38-22)15-26-29-30-31-33(26)14-20-2-1-5-35-20/h3-4,8-11,20H,1-2,5-7,12-16H2,(H,28,34)/t20-/m1/s1. The van der Waals surface area contributed by atoms with Crippen LogP contribution in [-0.4, -0.2) is 62.8 Å². The van der Waals surface area contributed by atoms with Crippen LogP contribution < -0.4 is 24.5 Å². The van der Waals surface area contributed by atoms with Crippen molar-refractivity contribution < 1.29 is 23.7 Å². The van der Waals surface area contributed by atoms with E-state index in [4.69, 9.17) is 23.7 Å². The van der Waals surface area contributed by atoms with Crippen molar-refractivity contribution in [2.24, 2.45) is 0 Å². The summed E-state index contributed by atoms with van der Waals surface area (Å²) >= 11 is 0. The van der Waals surface area contributed by atoms with Gasteiger partial charge in [0.15, 0.2) is 28.8 Å². The van der Waals surface area contributed by atoms with E-state index in [2.05, 4.69) is 25.4 Å². The predicted octanol–water partition coefficient (Wildman–Crippen LogP) is 2.40. The van der Waals surface area contributed by atoms with Gasteiger partial charge in [0.1, 0.15) is 13.2 Å². The van der Waals surface area contributed by atoms with Gasteiger partial charge in [-0.05, 0) is 53.1 Å². The number of tetrazole rings is 1. The van der Waals surface area contributed by atoms with Crippen molar-refractivity contribution in [2.45, 2.75) is 45.1 Å². The summed E-state index contributed by atoms with van der Waals surface area (Å²) in [6.07, 6.45) is 2.14. The van der Waals surface area contributed by atoms with E-state index < -0.39 is 0 Å². The Morgan fingerprint density at radius 3 is 2.64 bits per heavy atom. The highest BCUT2D eigenvalue weighted by Crippen LogP contribution is 2.35. The van der Waals surface area contributed by atoms with Gasteiger partial charge >= 0.3 is 0 Å². The van der Waals surface area contributed by atoms with Crippen LogP contribution >= 0.6 is 0 Å². The average molecular weight is 533 g/mol. The second-order valence-corrected chi connectivity index (χ2v) is 9.95. The lowest BCUT2D eigenvalue weighted by atomic mass is 10.1. The van der Waals surface area contributed by atoms with Crippen molar-refractivity contribution in [3.63, 3.8) is 0 Å². The zero-order chi connectivity index (χ0) is 26.2. The van der Waals surface area contributed by atoms with Crippen molar-refractivity contribution in [3.8, 4) is 23.0 Å². The van der Waals surface area contributed by atoms with E-state index in [9.17, 15) is 4.79 Å². The fourth-order valence-electron chi connectivity index (χ4n) is 5.27. The van der Waals surface area contributed by atoms with Crippen molar-refractivity contribution in [1.29, 1.82) is 0 Å². The topological polar surface area (TPSA) is 126 Å². The van der Waals surface area contributed by atoms with E-state index in [1.54, 1.807) is 4.68 Å². The van der Waals surface area contributed by atoms with E-state index in [1.807, 2.05) is 36.4 Å². The maximum atomic E-state index is 13.2. The van der Waals surface area contributed by atoms with E-state index in [0.717, 1.165) is 36.1 Å². The van der Waals surface area contributed by atoms with Crippen LogP contribution in [0.3, 0.4) is 0 Å². The number of hydrogen-bond acceptors (Lipinski definition) is 10. The van der Waals surface area contributed by atoms with Gasteiger partial charge in [0.05, 0.1) is 24.7 Å². The van der Waals surface area contributed by atoms with Crippen LogP contribution in [0.2, 0.25) is 0 Å². The molecule has 4 aromatic rings. The summed E-state index contributed by atoms with van der Waals surface area (Å²) in [4.78, 5) is 18.3. The molecule has 0 aliphatic carbocycles. The summed E-state index contributed by atoms with van der Waals surface area (Å²) in [5, 5.41) is 13.3. The van der Waals surface area contributed by atoms with Crippen LogP contribution in [0.4, 0.5) is 0 Å². The van der Waals surface area contributed by atoms with Crippen LogP contribution in [-0.2, 0) is 30.9 Å². The molecule has 202 valence electrons. The molecule has 0 amide bonds. The molecule has 2 aromatic heterocycles. The predicted molar refractivity (Wildman–Crippen MR) is 138 cm³/mol. The minimum Gasteiger partial charge on any atom is -0.486 e. The normalized spacial score (nSPS) is 17.8. The molecule has 39 heavy (non-hydrogen) atoms. The first kappa shape index (κ1) is 23.9. The highest BCUT2D eigenvalue weighted by Gasteiger charge is 2.22. The number of hydrogen-bond donors (Lipinski definition) is 1. The van der Waals surface area contributed by atoms with E-state index in [-0.39, 0.29) is 18.5 Å². The fourth-order valence-corrected chi connectivity index (χ4v) is 5.27. The highest BCUT2D eigenvalue weighted by atomic mass is 16.7. The lowest BCUT2D eigenvalue weighted by Gasteiger charge is -2.23. The first-order valence-electron chi connectivity index (χ1n) is 13.1. The van der Waals surface area contributed by atoms with Crippen LogP contribution in [0.25, 0.3) is 10.9 Å². The van der Waals surface area contributed by atoms with Gasteiger partial charge in [0, 0.05) is 36.7 Å². The number of benzene rings is 2. The maximum Gasteiger partial charge on any atom is 0.252 e. The maximum absolute atomic E-state index is 13.2. The molecule has 2 aromatic carbocycles. The van der Waals surface area contributed by atoms with Crippen LogP contribution in [0.15, 0.2) is 41.2 Å². The summed E-state index contributed by atoms with van der Waals surface area (Å²) < 4.78 is 30.1. The molecule has 3 aliphatic heterocycles. The van der Waals surface area contributed by atoms with Gasteiger partial charge in [-0.15, -0.1) is 5.10 Å². The van der Waals surface area contributed by atoms with Gasteiger partial charge in [-0.1, -0.05) is 6.07 Å². The zero-order valence-electron chi connectivity index (χ0n) is 21.3. The Morgan fingerprint density at radius 2 is 1.77 bits per heavy atom. The Kier molecular flexibility index (Phi) is 6.25. The van der Waals surface area contributed by atoms with Gasteiger partial charge in [-0.25, -0.2) is 4.68 Å². The fraction of sp³-hybridized carbons (Fsp3) is 0.407. The molecule has 1 atom stereocenters. The molecule has 1 N–H and O–H groups in total. The molecule has 12 nitrogen and oxygen atoms in total. The van der Waals surface area contributed by atoms with E-state index in [1.165, 1.54) is 0 Å². The number of aromatic amines is 1. The minimum atomic E-state index is -0.159. The van der Waals surface area contributed by atoms with Crippen molar-refractivity contribution in [2.75, 3.05) is 26.6 Å². The second kappa shape index (κ2) is 10.2. The molecule has 0 saturated carbocycles. The molecule has 0 radical (unpaired) electrons. The molecule has 7 rings (SSSR count). The second-order valence-electron chi connectivity index (χ2n) is 9.95. The SMILES string of the molecule is O=c1[nH]c2cc3c(cc2cc1CN(Cc1ccc2c(c1)OCO2)Cc1nnnn1C[C@H]1CCCO1)OCCO3. The number of aromatic nitrogens is 5. The highest BCUT2D eigenvalue weighted by molar-refractivity contribution is 5.83. The number of pyridine rings is 1. The Morgan fingerprint density at radius 1 is 0.923 bits per heavy atom. The van der Waals surface area contributed by atoms with Crippen LogP contribution in [0, 0.1) is 0 Å². The quantitative estimate of drug-likeness (QED) is 0.362. The number of H-pyrrole nitrogens is 1. The number of nitrogens with zero attached hydrogens (tertiary/aromatic N) is 5. The summed E-state index contributed by atoms with van der Waals surface area (Å²) in [6.45, 7) is 3.93. The Balaban J connectivity index is 1.19. The van der Waals surface area contributed by atoms with Crippen molar-refractivity contribution >= 4 is 10.9 Å². The Hall–Kier alpha value is -4.16. The van der Waals surface area contributed by atoms with Gasteiger partial charge in [-0.3, -0.25) is 9.69 Å². The number of ether oxygens (including phenoxy) is 5. The summed E-state index contributed by atoms with van der Waals surface area (Å²) in [5.74, 6) is 3.47. The van der Waals surface area contributed by atoms with Gasteiger partial charge in [-0.2, -0.15) is 0 Å². The van der Waals surface area contributed by atoms with E-state index in [0.29, 0.717) is 73.5 Å². The number of fused-ring (bicyclic) bond motifs is 3. The average Bonchev–Trinajstić information content (AvgIpc) is 3.71. The Labute approximate surface area is 223 Å². The first-order chi connectivity index (χ1) is 19.2. The Bertz CT molecular complexity index is 1560. The summed E-state index contributed by atoms with van der Waals surface area (Å²) in [6, 6.07) is 11.5. The molecule has 1 saturated heterocycles. The third-order valence-corrected chi connectivity index (χ3v) is 7.19. The molecule has 0 unspecified atom stereocenters. The lowest BCUT2D eigenvalue weighted by molar-refractivity contribution is 0.0914. The largest absolute Gasteiger partial charge is 0.486 e. The number of nitrogens with one attached hydrogen (secondary N) is 1. The third kappa shape index (κ3) is 5.00. The summed E-state index contributed by atoms with van der Waals surface area (Å²) in [7, 11) is 0. The number of rotatable bonds is 8. The summed E-state index contributed by atoms with van der Waals surface area (Å²) in [5.41, 5.74) is 2.19. The van der Waals surface area contributed by atoms with Gasteiger partial charge in [0.2, 0.25) is 6.79 Å². The van der Waals surface area contributed by atoms with E-state index >= 15 is 0 Å². The van der Waals surface area contributed by atoms with Gasteiger partial charge < -0.3 is 28.7 Å². The van der Waals surface area contributed by atoms with Crippen molar-refractivity contribution in [1.82, 2.24) is 30.1 Å². The molecular formula is C27H28N6O6. The smallest absolute Gasteiger partial charge is 0.252 e. The van der Waals surface area contributed by atoms with Crippen molar-refractivity contribution in [3.05, 3.63) is 63.7 Å². The molecule has 3 aliphatic rings. The minimum absolute atomic E-state index is 0.106. The molecule has 0 spiro atoms. The third-order valence-electron chi connectivity index (χ3n) is 7.19. The first-order valence-corrected chi connectivity index (χ1v) is 13.1. The lowest BCUT2D eigenvalue weighted by Crippen LogP contribution is -2.29. The van der Waals surface area contributed by atoms with Crippen LogP contribution in [0.1, 0.15) is 29.8 Å². The molecule has 5 heterocycles. The molecule has 12 heteroatoms. The zero-order valence-corrected chi connectivity index (χ0v) is 21.3. The molecule has 1 fully saturated rings.